The zero-order valence-electron chi connectivity index (χ0n) is 6.88. The summed E-state index contributed by atoms with van der Waals surface area (Å²) in [5, 5.41) is 31.3. The van der Waals surface area contributed by atoms with Crippen molar-refractivity contribution in [3.63, 3.8) is 0 Å². The van der Waals surface area contributed by atoms with Gasteiger partial charge in [-0.25, -0.2) is 0 Å². The Balaban J connectivity index is 0. The van der Waals surface area contributed by atoms with Crippen LogP contribution in [-0.4, -0.2) is 51.6 Å². The van der Waals surface area contributed by atoms with Gasteiger partial charge in [-0.1, -0.05) is 0 Å². The predicted molar refractivity (Wildman–Crippen MR) is 42.0 cm³/mol. The van der Waals surface area contributed by atoms with Gasteiger partial charge in [0.1, 0.15) is 6.04 Å². The molecular weight excluding hydrogens is 182 g/mol. The lowest BCUT2D eigenvalue weighted by molar-refractivity contribution is -0.144. The molecule has 0 heterocycles. The van der Waals surface area contributed by atoms with E-state index < -0.39 is 24.4 Å². The van der Waals surface area contributed by atoms with E-state index in [0.29, 0.717) is 0 Å². The fourth-order valence-corrected chi connectivity index (χ4v) is 0.275. The molecule has 0 aliphatic heterocycles. The molecule has 0 aliphatic rings. The second kappa shape index (κ2) is 8.91. The third kappa shape index (κ3) is 13.8. The number of hydrogen-bond donors (Lipinski definition) is 5. The Kier molecular flexibility index (Phi) is 9.84. The summed E-state index contributed by atoms with van der Waals surface area (Å²) in [6.45, 7) is -0.250. The molecule has 0 saturated heterocycles. The highest BCUT2D eigenvalue weighted by atomic mass is 16.4. The molecule has 7 heteroatoms. The third-order valence-electron chi connectivity index (χ3n) is 0.812. The molecule has 7 nitrogen and oxygen atoms in total. The molecule has 0 aromatic rings. The van der Waals surface area contributed by atoms with Gasteiger partial charge >= 0.3 is 11.9 Å². The molecule has 0 rings (SSSR count). The Bertz CT molecular complexity index is 157. The number of aliphatic hydroxyl groups excluding tert-OH is 2. The van der Waals surface area contributed by atoms with Gasteiger partial charge in [0.2, 0.25) is 0 Å². The van der Waals surface area contributed by atoms with Crippen molar-refractivity contribution < 1.29 is 30.0 Å². The van der Waals surface area contributed by atoms with E-state index in [-0.39, 0.29) is 13.2 Å². The van der Waals surface area contributed by atoms with Crippen LogP contribution in [0.3, 0.4) is 0 Å². The minimum absolute atomic E-state index is 0.125. The highest BCUT2D eigenvalue weighted by Crippen LogP contribution is 1.86. The lowest BCUT2D eigenvalue weighted by atomic mass is 10.2. The topological polar surface area (TPSA) is 141 Å². The molecule has 1 unspecified atom stereocenters. The summed E-state index contributed by atoms with van der Waals surface area (Å²) in [6.07, 6.45) is -0.532. The van der Waals surface area contributed by atoms with Crippen LogP contribution >= 0.6 is 0 Å². The lowest BCUT2D eigenvalue weighted by Crippen LogP contribution is -2.32. The van der Waals surface area contributed by atoms with Crippen molar-refractivity contribution >= 4 is 11.9 Å². The summed E-state index contributed by atoms with van der Waals surface area (Å²) < 4.78 is 0. The van der Waals surface area contributed by atoms with Crippen LogP contribution in [-0.2, 0) is 9.59 Å². The van der Waals surface area contributed by atoms with Crippen molar-refractivity contribution in [1.29, 1.82) is 0 Å². The van der Waals surface area contributed by atoms with Crippen LogP contribution < -0.4 is 5.73 Å². The van der Waals surface area contributed by atoms with Crippen molar-refractivity contribution in [3.8, 4) is 0 Å². The van der Waals surface area contributed by atoms with Crippen LogP contribution in [0.5, 0.6) is 0 Å². The smallest absolute Gasteiger partial charge is 0.321 e. The van der Waals surface area contributed by atoms with Gasteiger partial charge in [0.15, 0.2) is 0 Å². The molecule has 0 bridgehead atoms. The average Bonchev–Trinajstić information content (AvgIpc) is 2.03. The number of hydrogen-bond acceptors (Lipinski definition) is 5. The number of nitrogens with two attached hydrogens (primary N) is 1. The van der Waals surface area contributed by atoms with E-state index >= 15 is 0 Å². The first-order valence-electron chi connectivity index (χ1n) is 3.37. The summed E-state index contributed by atoms with van der Waals surface area (Å²) in [5.74, 6) is -2.50. The molecular formula is C6H13NO6. The van der Waals surface area contributed by atoms with E-state index in [0.717, 1.165) is 0 Å². The van der Waals surface area contributed by atoms with E-state index in [1.807, 2.05) is 0 Å². The van der Waals surface area contributed by atoms with Crippen molar-refractivity contribution in [1.82, 2.24) is 0 Å². The molecule has 0 aromatic carbocycles. The average molecular weight is 195 g/mol. The molecule has 0 spiro atoms. The predicted octanol–water partition coefficient (Wildman–Crippen LogP) is -2.16. The Morgan fingerprint density at radius 3 is 1.62 bits per heavy atom. The zero-order valence-corrected chi connectivity index (χ0v) is 6.88. The SMILES string of the molecule is NC(CC(=O)O)C(=O)O.OCCO. The Morgan fingerprint density at radius 2 is 1.54 bits per heavy atom. The van der Waals surface area contributed by atoms with Crippen molar-refractivity contribution in [3.05, 3.63) is 0 Å². The van der Waals surface area contributed by atoms with E-state index in [4.69, 9.17) is 26.2 Å². The Labute approximate surface area is 74.4 Å². The first kappa shape index (κ1) is 14.3. The lowest BCUT2D eigenvalue weighted by Gasteiger charge is -1.99. The molecule has 0 amide bonds. The zero-order chi connectivity index (χ0) is 10.9. The molecule has 0 fully saturated rings. The molecule has 0 saturated carbocycles. The van der Waals surface area contributed by atoms with Gasteiger partial charge in [0.05, 0.1) is 19.6 Å². The Morgan fingerprint density at radius 1 is 1.15 bits per heavy atom. The maximum atomic E-state index is 9.85. The summed E-state index contributed by atoms with van der Waals surface area (Å²) in [7, 11) is 0. The minimum Gasteiger partial charge on any atom is -0.481 e. The van der Waals surface area contributed by atoms with Crippen molar-refractivity contribution in [2.75, 3.05) is 13.2 Å². The highest BCUT2D eigenvalue weighted by molar-refractivity contribution is 5.80. The van der Waals surface area contributed by atoms with Crippen LogP contribution in [0.1, 0.15) is 6.42 Å². The number of rotatable bonds is 4. The first-order valence-corrected chi connectivity index (χ1v) is 3.37. The number of carboxylic acid groups (broad SMARTS) is 2. The van der Waals surface area contributed by atoms with E-state index in [1.165, 1.54) is 0 Å². The number of aliphatic carboxylic acids is 2. The van der Waals surface area contributed by atoms with Crippen LogP contribution in [0.2, 0.25) is 0 Å². The van der Waals surface area contributed by atoms with E-state index in [9.17, 15) is 9.59 Å². The van der Waals surface area contributed by atoms with Crippen LogP contribution in [0.4, 0.5) is 0 Å². The van der Waals surface area contributed by atoms with E-state index in [1.54, 1.807) is 0 Å². The normalized spacial score (nSPS) is 11.0. The van der Waals surface area contributed by atoms with E-state index in [2.05, 4.69) is 0 Å². The van der Waals surface area contributed by atoms with Crippen LogP contribution in [0.25, 0.3) is 0 Å². The fourth-order valence-electron chi connectivity index (χ4n) is 0.275. The monoisotopic (exact) mass is 195 g/mol. The van der Waals surface area contributed by atoms with Gasteiger partial charge in [0, 0.05) is 0 Å². The standard InChI is InChI=1S/C4H7NO4.C2H6O2/c5-2(4(8)9)1-3(6)7;3-1-2-4/h2H,1,5H2,(H,6,7)(H,8,9);3-4H,1-2H2. The number of aliphatic hydroxyl groups is 2. The van der Waals surface area contributed by atoms with Gasteiger partial charge in [-0.2, -0.15) is 0 Å². The molecule has 0 aliphatic carbocycles. The third-order valence-corrected chi connectivity index (χ3v) is 0.812. The van der Waals surface area contributed by atoms with Gasteiger partial charge in [-0.15, -0.1) is 0 Å². The highest BCUT2D eigenvalue weighted by Gasteiger charge is 2.14. The number of carbonyl (C=O) groups is 2. The second-order valence-corrected chi connectivity index (χ2v) is 1.99. The fraction of sp³-hybridized carbons (Fsp3) is 0.667. The largest absolute Gasteiger partial charge is 0.481 e. The van der Waals surface area contributed by atoms with Gasteiger partial charge in [0.25, 0.3) is 0 Å². The molecule has 6 N–H and O–H groups in total. The van der Waals surface area contributed by atoms with Crippen LogP contribution in [0.15, 0.2) is 0 Å². The maximum absolute atomic E-state index is 9.85. The first-order chi connectivity index (χ1) is 5.95. The second-order valence-electron chi connectivity index (χ2n) is 1.99. The number of carboxylic acids is 2. The van der Waals surface area contributed by atoms with Crippen molar-refractivity contribution in [2.45, 2.75) is 12.5 Å². The minimum atomic E-state index is -1.29. The molecule has 78 valence electrons. The summed E-state index contributed by atoms with van der Waals surface area (Å²) >= 11 is 0. The summed E-state index contributed by atoms with van der Waals surface area (Å²) in [6, 6.07) is -1.29. The van der Waals surface area contributed by atoms with Crippen molar-refractivity contribution in [2.24, 2.45) is 5.73 Å². The summed E-state index contributed by atoms with van der Waals surface area (Å²) in [4.78, 5) is 19.6. The molecule has 1 atom stereocenters. The Hall–Kier alpha value is -1.18. The van der Waals surface area contributed by atoms with Gasteiger partial charge in [-0.3, -0.25) is 9.59 Å². The molecule has 0 radical (unpaired) electrons. The molecule has 0 aromatic heterocycles. The maximum Gasteiger partial charge on any atom is 0.321 e. The molecule has 13 heavy (non-hydrogen) atoms. The summed E-state index contributed by atoms with van der Waals surface area (Å²) in [5.41, 5.74) is 4.84. The van der Waals surface area contributed by atoms with Crippen LogP contribution in [0, 0.1) is 0 Å². The van der Waals surface area contributed by atoms with Gasteiger partial charge in [-0.05, 0) is 0 Å². The quantitative estimate of drug-likeness (QED) is 0.344. The van der Waals surface area contributed by atoms with Gasteiger partial charge < -0.3 is 26.2 Å².